The van der Waals surface area contributed by atoms with Crippen molar-refractivity contribution in [2.75, 3.05) is 6.54 Å². The fraction of sp³-hybridized carbons (Fsp3) is 0.450. The average Bonchev–Trinajstić information content (AvgIpc) is 3.33. The largest absolute Gasteiger partial charge is 0.459 e. The van der Waals surface area contributed by atoms with Gasteiger partial charge in [-0.25, -0.2) is 0 Å². The third-order valence-corrected chi connectivity index (χ3v) is 5.88. The maximum atomic E-state index is 12.3. The maximum absolute atomic E-state index is 12.3. The Morgan fingerprint density at radius 2 is 1.86 bits per heavy atom. The van der Waals surface area contributed by atoms with Crippen LogP contribution in [0.2, 0.25) is 0 Å². The van der Waals surface area contributed by atoms with E-state index >= 15 is 0 Å². The van der Waals surface area contributed by atoms with Crippen LogP contribution in [0.25, 0.3) is 0 Å². The molecule has 0 spiro atoms. The number of carbonyl (C=O) groups is 3. The van der Waals surface area contributed by atoms with Crippen molar-refractivity contribution in [1.29, 1.82) is 0 Å². The van der Waals surface area contributed by atoms with Crippen molar-refractivity contribution in [3.05, 3.63) is 45.5 Å². The molecule has 0 unspecified atom stereocenters. The number of aryl methyl sites for hydroxylation is 2. The smallest absolute Gasteiger partial charge is 0.286 e. The van der Waals surface area contributed by atoms with Gasteiger partial charge in [-0.1, -0.05) is 12.8 Å². The first-order chi connectivity index (χ1) is 13.6. The monoisotopic (exact) mass is 403 g/mol. The molecule has 7 nitrogen and oxygen atoms in total. The van der Waals surface area contributed by atoms with Gasteiger partial charge in [-0.05, 0) is 55.9 Å². The van der Waals surface area contributed by atoms with Gasteiger partial charge < -0.3 is 9.73 Å². The summed E-state index contributed by atoms with van der Waals surface area (Å²) in [6.45, 7) is 0.346. The standard InChI is InChI=1S/C20H25N3O4S/c24-18(10-5-11-21-19(25)15-8-6-12-27-15)22-23-20(26)17-13-14-7-3-1-2-4-9-16(14)28-17/h6,8,12-13H,1-5,7,9-11H2,(H,21,25)(H,22,24)(H,23,26). The molecule has 8 heteroatoms. The van der Waals surface area contributed by atoms with Gasteiger partial charge in [-0.3, -0.25) is 25.2 Å². The first-order valence-electron chi connectivity index (χ1n) is 9.66. The number of hydrazine groups is 1. The van der Waals surface area contributed by atoms with E-state index in [2.05, 4.69) is 16.2 Å². The molecule has 0 aliphatic heterocycles. The SMILES string of the molecule is O=C(CCCNC(=O)c1ccco1)NNC(=O)c1cc2c(s1)CCCCCC2. The first kappa shape index (κ1) is 20.1. The minimum atomic E-state index is -0.313. The summed E-state index contributed by atoms with van der Waals surface area (Å²) in [5.74, 6) is -0.652. The number of carbonyl (C=O) groups excluding carboxylic acids is 3. The van der Waals surface area contributed by atoms with Crippen molar-refractivity contribution in [2.24, 2.45) is 0 Å². The van der Waals surface area contributed by atoms with E-state index in [9.17, 15) is 14.4 Å². The summed E-state index contributed by atoms with van der Waals surface area (Å²) in [7, 11) is 0. The molecule has 28 heavy (non-hydrogen) atoms. The van der Waals surface area contributed by atoms with E-state index in [1.54, 1.807) is 12.1 Å². The zero-order valence-electron chi connectivity index (χ0n) is 15.7. The predicted molar refractivity (Wildman–Crippen MR) is 106 cm³/mol. The molecule has 150 valence electrons. The highest BCUT2D eigenvalue weighted by Crippen LogP contribution is 2.28. The van der Waals surface area contributed by atoms with Crippen LogP contribution in [0.3, 0.4) is 0 Å². The Labute approximate surface area is 167 Å². The summed E-state index contributed by atoms with van der Waals surface area (Å²) in [6.07, 6.45) is 8.96. The molecule has 0 saturated carbocycles. The second-order valence-corrected chi connectivity index (χ2v) is 7.95. The van der Waals surface area contributed by atoms with E-state index < -0.39 is 0 Å². The molecule has 1 aliphatic carbocycles. The number of amides is 3. The molecule has 2 aromatic rings. The highest BCUT2D eigenvalue weighted by atomic mass is 32.1. The molecule has 0 aromatic carbocycles. The Hall–Kier alpha value is -2.61. The van der Waals surface area contributed by atoms with Crippen LogP contribution in [0.15, 0.2) is 28.9 Å². The summed E-state index contributed by atoms with van der Waals surface area (Å²) in [5, 5.41) is 2.67. The van der Waals surface area contributed by atoms with E-state index in [4.69, 9.17) is 4.42 Å². The Balaban J connectivity index is 1.36. The normalized spacial score (nSPS) is 13.7. The summed E-state index contributed by atoms with van der Waals surface area (Å²) in [6, 6.07) is 5.17. The Morgan fingerprint density at radius 1 is 1.04 bits per heavy atom. The van der Waals surface area contributed by atoms with E-state index in [-0.39, 0.29) is 29.9 Å². The van der Waals surface area contributed by atoms with Gasteiger partial charge in [0.2, 0.25) is 5.91 Å². The number of furan rings is 1. The van der Waals surface area contributed by atoms with Crippen LogP contribution in [0.1, 0.15) is 69.2 Å². The summed E-state index contributed by atoms with van der Waals surface area (Å²) in [5.41, 5.74) is 6.19. The lowest BCUT2D eigenvalue weighted by Gasteiger charge is -2.07. The molecule has 0 bridgehead atoms. The zero-order chi connectivity index (χ0) is 19.8. The third-order valence-electron chi connectivity index (χ3n) is 4.65. The summed E-state index contributed by atoms with van der Waals surface area (Å²) in [4.78, 5) is 37.8. The van der Waals surface area contributed by atoms with E-state index in [1.165, 1.54) is 47.3 Å². The number of hydrogen-bond donors (Lipinski definition) is 3. The van der Waals surface area contributed by atoms with E-state index in [0.717, 1.165) is 19.3 Å². The lowest BCUT2D eigenvalue weighted by atomic mass is 10.00. The second kappa shape index (κ2) is 10.1. The van der Waals surface area contributed by atoms with Gasteiger partial charge in [-0.15, -0.1) is 11.3 Å². The van der Waals surface area contributed by atoms with Gasteiger partial charge in [0, 0.05) is 17.8 Å². The van der Waals surface area contributed by atoms with Crippen molar-refractivity contribution in [1.82, 2.24) is 16.2 Å². The van der Waals surface area contributed by atoms with Crippen LogP contribution >= 0.6 is 11.3 Å². The number of nitrogens with one attached hydrogen (secondary N) is 3. The molecule has 1 aliphatic rings. The second-order valence-electron chi connectivity index (χ2n) is 6.81. The number of hydrogen-bond acceptors (Lipinski definition) is 5. The number of fused-ring (bicyclic) bond motifs is 1. The maximum Gasteiger partial charge on any atom is 0.286 e. The number of thiophene rings is 1. The van der Waals surface area contributed by atoms with Gasteiger partial charge in [0.15, 0.2) is 5.76 Å². The third kappa shape index (κ3) is 5.69. The molecule has 0 fully saturated rings. The van der Waals surface area contributed by atoms with Crippen molar-refractivity contribution in [2.45, 2.75) is 51.4 Å². The zero-order valence-corrected chi connectivity index (χ0v) is 16.5. The lowest BCUT2D eigenvalue weighted by Crippen LogP contribution is -2.41. The predicted octanol–water partition coefficient (Wildman–Crippen LogP) is 2.97. The minimum Gasteiger partial charge on any atom is -0.459 e. The van der Waals surface area contributed by atoms with Crippen LogP contribution in [0.5, 0.6) is 0 Å². The van der Waals surface area contributed by atoms with Crippen LogP contribution in [-0.2, 0) is 17.6 Å². The molecule has 3 N–H and O–H groups in total. The van der Waals surface area contributed by atoms with E-state index in [0.29, 0.717) is 17.8 Å². The molecule has 3 amide bonds. The van der Waals surface area contributed by atoms with Crippen LogP contribution in [0.4, 0.5) is 0 Å². The molecular weight excluding hydrogens is 378 g/mol. The average molecular weight is 404 g/mol. The molecule has 0 atom stereocenters. The Morgan fingerprint density at radius 3 is 2.64 bits per heavy atom. The van der Waals surface area contributed by atoms with Crippen molar-refractivity contribution in [3.63, 3.8) is 0 Å². The highest BCUT2D eigenvalue weighted by Gasteiger charge is 2.16. The lowest BCUT2D eigenvalue weighted by molar-refractivity contribution is -0.121. The summed E-state index contributed by atoms with van der Waals surface area (Å²) < 4.78 is 4.99. The van der Waals surface area contributed by atoms with Gasteiger partial charge in [0.25, 0.3) is 11.8 Å². The molecule has 2 heterocycles. The Bertz CT molecular complexity index is 788. The van der Waals surface area contributed by atoms with Crippen LogP contribution < -0.4 is 16.2 Å². The Kier molecular flexibility index (Phi) is 7.25. The first-order valence-corrected chi connectivity index (χ1v) is 10.5. The van der Waals surface area contributed by atoms with Crippen molar-refractivity contribution >= 4 is 29.1 Å². The quantitative estimate of drug-likeness (QED) is 0.510. The molecular formula is C20H25N3O4S. The fourth-order valence-corrected chi connectivity index (χ4v) is 4.30. The van der Waals surface area contributed by atoms with Crippen molar-refractivity contribution < 1.29 is 18.8 Å². The fourth-order valence-electron chi connectivity index (χ4n) is 3.15. The number of rotatable bonds is 6. The molecule has 3 rings (SSSR count). The van der Waals surface area contributed by atoms with E-state index in [1.807, 2.05) is 6.07 Å². The van der Waals surface area contributed by atoms with Gasteiger partial charge in [0.1, 0.15) is 0 Å². The molecule has 0 radical (unpaired) electrons. The minimum absolute atomic E-state index is 0.194. The van der Waals surface area contributed by atoms with Gasteiger partial charge in [0.05, 0.1) is 11.1 Å². The van der Waals surface area contributed by atoms with Crippen LogP contribution in [-0.4, -0.2) is 24.3 Å². The van der Waals surface area contributed by atoms with Crippen molar-refractivity contribution in [3.8, 4) is 0 Å². The molecule has 2 aromatic heterocycles. The van der Waals surface area contributed by atoms with Gasteiger partial charge >= 0.3 is 0 Å². The topological polar surface area (TPSA) is 100 Å². The molecule has 0 saturated heterocycles. The highest BCUT2D eigenvalue weighted by molar-refractivity contribution is 7.14. The summed E-state index contributed by atoms with van der Waals surface area (Å²) >= 11 is 1.52. The van der Waals surface area contributed by atoms with Gasteiger partial charge in [-0.2, -0.15) is 0 Å². The van der Waals surface area contributed by atoms with Crippen LogP contribution in [0, 0.1) is 0 Å².